The van der Waals surface area contributed by atoms with Crippen molar-refractivity contribution in [2.75, 3.05) is 0 Å². The third kappa shape index (κ3) is 3.27. The molecule has 0 saturated carbocycles. The van der Waals surface area contributed by atoms with Crippen molar-refractivity contribution in [1.82, 2.24) is 9.13 Å². The third-order valence-electron chi connectivity index (χ3n) is 3.98. The van der Waals surface area contributed by atoms with Crippen LogP contribution in [0.1, 0.15) is 0 Å². The fraction of sp³-hybridized carbons (Fsp3) is 0. The van der Waals surface area contributed by atoms with Crippen LogP contribution in [0.2, 0.25) is 0 Å². The van der Waals surface area contributed by atoms with Gasteiger partial charge in [-0.1, -0.05) is 0 Å². The molecule has 2 aromatic heterocycles. The molecular formula is C20H12F4IN2+. The summed E-state index contributed by atoms with van der Waals surface area (Å²) in [6, 6.07) is 11.7. The average Bonchev–Trinajstić information content (AvgIpc) is 3.35. The van der Waals surface area contributed by atoms with Crippen LogP contribution in [-0.4, -0.2) is 9.13 Å². The molecule has 2 aromatic carbocycles. The van der Waals surface area contributed by atoms with Crippen LogP contribution in [0, 0.1) is 30.4 Å². The van der Waals surface area contributed by atoms with E-state index in [1.54, 1.807) is 49.1 Å². The predicted octanol–water partition coefficient (Wildman–Crippen LogP) is 1.95. The molecule has 0 radical (unpaired) electrons. The van der Waals surface area contributed by atoms with Crippen LogP contribution in [-0.2, 0) is 0 Å². The molecule has 0 saturated heterocycles. The summed E-state index contributed by atoms with van der Waals surface area (Å²) in [5.41, 5.74) is 0.275. The molecule has 0 spiro atoms. The van der Waals surface area contributed by atoms with Gasteiger partial charge in [0.2, 0.25) is 11.6 Å². The predicted molar refractivity (Wildman–Crippen MR) is 88.8 cm³/mol. The van der Waals surface area contributed by atoms with E-state index in [4.69, 9.17) is 0 Å². The third-order valence-corrected chi connectivity index (χ3v) is 7.04. The molecular weight excluding hydrogens is 471 g/mol. The number of aromatic nitrogens is 2. The smallest absolute Gasteiger partial charge is 0.321 e. The van der Waals surface area contributed by atoms with Crippen LogP contribution in [0.3, 0.4) is 0 Å². The molecule has 2 nitrogen and oxygen atoms in total. The Kier molecular flexibility index (Phi) is 4.77. The Bertz CT molecular complexity index is 1000. The highest BCUT2D eigenvalue weighted by atomic mass is 127. The zero-order valence-corrected chi connectivity index (χ0v) is 15.9. The minimum atomic E-state index is -1.77. The summed E-state index contributed by atoms with van der Waals surface area (Å²) in [5.74, 6) is -3.21. The lowest BCUT2D eigenvalue weighted by Gasteiger charge is -2.06. The van der Waals surface area contributed by atoms with E-state index < -0.39 is 44.5 Å². The van der Waals surface area contributed by atoms with E-state index in [9.17, 15) is 17.6 Å². The van der Waals surface area contributed by atoms with Crippen LogP contribution < -0.4 is 21.2 Å². The summed E-state index contributed by atoms with van der Waals surface area (Å²) in [4.78, 5) is 0. The van der Waals surface area contributed by atoms with Gasteiger partial charge in [0.05, 0.1) is 11.4 Å². The molecule has 0 unspecified atom stereocenters. The van der Waals surface area contributed by atoms with Gasteiger partial charge in [0.15, 0.2) is 11.6 Å². The minimum Gasteiger partial charge on any atom is -0.321 e. The molecule has 4 aromatic rings. The molecule has 0 fully saturated rings. The molecule has 0 N–H and O–H groups in total. The Balaban J connectivity index is 1.81. The number of rotatable bonds is 4. The summed E-state index contributed by atoms with van der Waals surface area (Å²) in [6.07, 6.45) is 6.47. The second-order valence-electron chi connectivity index (χ2n) is 5.66. The molecule has 136 valence electrons. The fourth-order valence-electron chi connectivity index (χ4n) is 2.69. The molecule has 7 heteroatoms. The molecule has 4 rings (SSSR count). The topological polar surface area (TPSA) is 9.86 Å². The quantitative estimate of drug-likeness (QED) is 0.239. The van der Waals surface area contributed by atoms with Crippen LogP contribution in [0.4, 0.5) is 17.6 Å². The standard InChI is InChI=1S/C20H12F4IN2/c21-13-5-7-15(26-9-1-2-10-26)17(23)19(13)25-20-14(22)6-8-16(18(20)24)27-11-3-4-12-27/h1-12H/q+1. The SMILES string of the molecule is Fc1ccc(-n2cccc2)c(F)c1[I+]c1c(F)ccc(-n2cccc2)c1F. The van der Waals surface area contributed by atoms with E-state index in [1.807, 2.05) is 0 Å². The maximum atomic E-state index is 14.9. The molecule has 0 aliphatic carbocycles. The lowest BCUT2D eigenvalue weighted by molar-refractivity contribution is -0.609. The first-order valence-electron chi connectivity index (χ1n) is 7.94. The second-order valence-corrected chi connectivity index (χ2v) is 8.36. The number of nitrogens with zero attached hydrogens (tertiary/aromatic N) is 2. The number of hydrogen-bond acceptors (Lipinski definition) is 0. The molecule has 0 atom stereocenters. The first kappa shape index (κ1) is 17.8. The lowest BCUT2D eigenvalue weighted by Crippen LogP contribution is -3.62. The van der Waals surface area contributed by atoms with Gasteiger partial charge in [-0.25, -0.2) is 8.78 Å². The Morgan fingerprint density at radius 3 is 1.30 bits per heavy atom. The van der Waals surface area contributed by atoms with Gasteiger partial charge in [-0.3, -0.25) is 0 Å². The molecule has 0 aliphatic heterocycles. The highest BCUT2D eigenvalue weighted by Crippen LogP contribution is 2.17. The van der Waals surface area contributed by atoms with E-state index in [1.165, 1.54) is 21.3 Å². The Hall–Kier alpha value is -2.55. The van der Waals surface area contributed by atoms with Gasteiger partial charge in [-0.05, 0) is 48.5 Å². The molecule has 0 aliphatic rings. The van der Waals surface area contributed by atoms with Crippen LogP contribution >= 0.6 is 0 Å². The van der Waals surface area contributed by atoms with Gasteiger partial charge in [-0.15, -0.1) is 0 Å². The number of hydrogen-bond donors (Lipinski definition) is 0. The Morgan fingerprint density at radius 1 is 0.556 bits per heavy atom. The largest absolute Gasteiger partial charge is 0.371 e. The van der Waals surface area contributed by atoms with E-state index >= 15 is 0 Å². The van der Waals surface area contributed by atoms with Crippen molar-refractivity contribution in [2.45, 2.75) is 0 Å². The highest BCUT2D eigenvalue weighted by Gasteiger charge is 2.35. The summed E-state index contributed by atoms with van der Waals surface area (Å²) in [5, 5.41) is 0. The number of halogens is 5. The van der Waals surface area contributed by atoms with Gasteiger partial charge >= 0.3 is 21.2 Å². The van der Waals surface area contributed by atoms with E-state index in [2.05, 4.69) is 0 Å². The summed E-state index contributed by atoms with van der Waals surface area (Å²) >= 11 is -1.77. The fourth-order valence-corrected chi connectivity index (χ4v) is 5.13. The van der Waals surface area contributed by atoms with E-state index in [0.717, 1.165) is 12.1 Å². The van der Waals surface area contributed by atoms with Crippen molar-refractivity contribution < 1.29 is 38.8 Å². The van der Waals surface area contributed by atoms with Gasteiger partial charge in [-0.2, -0.15) is 8.78 Å². The van der Waals surface area contributed by atoms with Crippen molar-refractivity contribution in [3.63, 3.8) is 0 Å². The first-order chi connectivity index (χ1) is 13.1. The summed E-state index contributed by atoms with van der Waals surface area (Å²) in [7, 11) is 0. The van der Waals surface area contributed by atoms with E-state index in [0.29, 0.717) is 0 Å². The van der Waals surface area contributed by atoms with Gasteiger partial charge in [0.1, 0.15) is 0 Å². The maximum absolute atomic E-state index is 14.9. The average molecular weight is 483 g/mol. The monoisotopic (exact) mass is 483 g/mol. The Morgan fingerprint density at radius 2 is 0.926 bits per heavy atom. The molecule has 2 heterocycles. The summed E-state index contributed by atoms with van der Waals surface area (Å²) in [6.45, 7) is 0. The van der Waals surface area contributed by atoms with E-state index in [-0.39, 0.29) is 18.5 Å². The molecule has 27 heavy (non-hydrogen) atoms. The zero-order valence-electron chi connectivity index (χ0n) is 13.7. The Labute approximate surface area is 162 Å². The normalized spacial score (nSPS) is 11.1. The van der Waals surface area contributed by atoms with Gasteiger partial charge < -0.3 is 9.13 Å². The molecule has 0 amide bonds. The van der Waals surface area contributed by atoms with Crippen molar-refractivity contribution in [2.24, 2.45) is 0 Å². The van der Waals surface area contributed by atoms with Gasteiger partial charge in [0, 0.05) is 24.8 Å². The van der Waals surface area contributed by atoms with Crippen molar-refractivity contribution in [1.29, 1.82) is 0 Å². The molecule has 0 bridgehead atoms. The zero-order chi connectivity index (χ0) is 19.0. The van der Waals surface area contributed by atoms with Crippen molar-refractivity contribution in [3.05, 3.63) is 104 Å². The van der Waals surface area contributed by atoms with Crippen LogP contribution in [0.5, 0.6) is 0 Å². The van der Waals surface area contributed by atoms with Crippen molar-refractivity contribution >= 4 is 0 Å². The number of benzene rings is 2. The summed E-state index contributed by atoms with van der Waals surface area (Å²) < 4.78 is 60.9. The van der Waals surface area contributed by atoms with Gasteiger partial charge in [0.25, 0.3) is 7.14 Å². The van der Waals surface area contributed by atoms with Crippen molar-refractivity contribution in [3.8, 4) is 11.4 Å². The minimum absolute atomic E-state index is 0.137. The highest BCUT2D eigenvalue weighted by molar-refractivity contribution is 5.36. The maximum Gasteiger partial charge on any atom is 0.371 e. The van der Waals surface area contributed by atoms with Crippen LogP contribution in [0.15, 0.2) is 73.3 Å². The first-order valence-corrected chi connectivity index (χ1v) is 10.1. The lowest BCUT2D eigenvalue weighted by atomic mass is 10.3. The second kappa shape index (κ2) is 7.22. The van der Waals surface area contributed by atoms with Crippen LogP contribution in [0.25, 0.3) is 11.4 Å².